The summed E-state index contributed by atoms with van der Waals surface area (Å²) in [6, 6.07) is 14.3. The first-order valence-corrected chi connectivity index (χ1v) is 6.28. The van der Waals surface area contributed by atoms with Gasteiger partial charge in [-0.3, -0.25) is 0 Å². The van der Waals surface area contributed by atoms with Gasteiger partial charge >= 0.3 is 0 Å². The Kier molecular flexibility index (Phi) is 3.46. The van der Waals surface area contributed by atoms with Gasteiger partial charge in [0.15, 0.2) is 12.2 Å². The van der Waals surface area contributed by atoms with E-state index in [2.05, 4.69) is 10.3 Å². The molecule has 0 aliphatic rings. The van der Waals surface area contributed by atoms with E-state index in [9.17, 15) is 4.39 Å². The van der Waals surface area contributed by atoms with Crippen LogP contribution in [0.25, 0.3) is 11.3 Å². The van der Waals surface area contributed by atoms with Crippen LogP contribution in [0.15, 0.2) is 65.5 Å². The number of benzene rings is 2. The normalized spacial score (nSPS) is 10.4. The van der Waals surface area contributed by atoms with Crippen LogP contribution in [0.5, 0.6) is 0 Å². The molecule has 1 N–H and O–H groups in total. The Morgan fingerprint density at radius 3 is 2.40 bits per heavy atom. The molecule has 4 heteroatoms. The highest BCUT2D eigenvalue weighted by molar-refractivity contribution is 5.60. The second kappa shape index (κ2) is 5.57. The first kappa shape index (κ1) is 12.4. The minimum atomic E-state index is -0.217. The highest BCUT2D eigenvalue weighted by atomic mass is 19.1. The molecular formula is C16H13FN2O. The van der Waals surface area contributed by atoms with Gasteiger partial charge in [-0.05, 0) is 42.0 Å². The number of hydrogen-bond donors (Lipinski definition) is 1. The highest BCUT2D eigenvalue weighted by Crippen LogP contribution is 2.21. The quantitative estimate of drug-likeness (QED) is 0.774. The molecule has 0 saturated heterocycles. The molecule has 0 amide bonds. The first-order chi connectivity index (χ1) is 9.81. The lowest BCUT2D eigenvalue weighted by molar-refractivity contribution is 0.572. The molecule has 1 heterocycles. The predicted molar refractivity (Wildman–Crippen MR) is 75.7 cm³/mol. The lowest BCUT2D eigenvalue weighted by atomic mass is 10.1. The number of oxazole rings is 1. The molecule has 1 aromatic heterocycles. The van der Waals surface area contributed by atoms with Crippen LogP contribution in [0.3, 0.4) is 0 Å². The zero-order chi connectivity index (χ0) is 13.8. The summed E-state index contributed by atoms with van der Waals surface area (Å²) in [5, 5.41) is 3.28. The molecule has 0 unspecified atom stereocenters. The van der Waals surface area contributed by atoms with Crippen molar-refractivity contribution in [1.29, 1.82) is 0 Å². The number of rotatable bonds is 4. The highest BCUT2D eigenvalue weighted by Gasteiger charge is 2.01. The van der Waals surface area contributed by atoms with Crippen LogP contribution in [0, 0.1) is 5.82 Å². The molecule has 3 rings (SSSR count). The van der Waals surface area contributed by atoms with Crippen LogP contribution in [-0.2, 0) is 6.54 Å². The van der Waals surface area contributed by atoms with Gasteiger partial charge in [-0.2, -0.15) is 0 Å². The average Bonchev–Trinajstić information content (AvgIpc) is 3.01. The molecule has 0 atom stereocenters. The van der Waals surface area contributed by atoms with E-state index in [1.54, 1.807) is 18.3 Å². The van der Waals surface area contributed by atoms with Gasteiger partial charge in [0.05, 0.1) is 6.20 Å². The second-order valence-corrected chi connectivity index (χ2v) is 4.42. The Balaban J connectivity index is 1.65. The van der Waals surface area contributed by atoms with Crippen molar-refractivity contribution in [3.05, 3.63) is 72.5 Å². The molecule has 20 heavy (non-hydrogen) atoms. The minimum Gasteiger partial charge on any atom is -0.444 e. The molecule has 0 radical (unpaired) electrons. The first-order valence-electron chi connectivity index (χ1n) is 6.28. The molecule has 0 bridgehead atoms. The fourth-order valence-corrected chi connectivity index (χ4v) is 1.92. The number of nitrogens with zero attached hydrogens (tertiary/aromatic N) is 1. The standard InChI is InChI=1S/C16H13FN2O/c17-14-5-1-12(2-6-14)9-19-15-7-3-13(4-8-15)16-10-18-11-20-16/h1-8,10-11,19H,9H2. The molecule has 3 aromatic rings. The van der Waals surface area contributed by atoms with Crippen LogP contribution < -0.4 is 5.32 Å². The van der Waals surface area contributed by atoms with E-state index in [0.29, 0.717) is 6.54 Å². The Bertz CT molecular complexity index is 661. The van der Waals surface area contributed by atoms with Crippen LogP contribution in [-0.4, -0.2) is 4.98 Å². The van der Waals surface area contributed by atoms with Gasteiger partial charge in [-0.25, -0.2) is 9.37 Å². The van der Waals surface area contributed by atoms with E-state index in [0.717, 1.165) is 22.6 Å². The van der Waals surface area contributed by atoms with E-state index in [1.165, 1.54) is 18.5 Å². The van der Waals surface area contributed by atoms with Gasteiger partial charge in [0.25, 0.3) is 0 Å². The van der Waals surface area contributed by atoms with Gasteiger partial charge < -0.3 is 9.73 Å². The van der Waals surface area contributed by atoms with Crippen molar-refractivity contribution in [2.24, 2.45) is 0 Å². The third kappa shape index (κ3) is 2.85. The largest absolute Gasteiger partial charge is 0.444 e. The summed E-state index contributed by atoms with van der Waals surface area (Å²) in [7, 11) is 0. The van der Waals surface area contributed by atoms with Crippen molar-refractivity contribution in [3.63, 3.8) is 0 Å². The van der Waals surface area contributed by atoms with Gasteiger partial charge in [-0.15, -0.1) is 0 Å². The van der Waals surface area contributed by atoms with Gasteiger partial charge in [-0.1, -0.05) is 12.1 Å². The summed E-state index contributed by atoms with van der Waals surface area (Å²) in [4.78, 5) is 3.89. The Morgan fingerprint density at radius 2 is 1.75 bits per heavy atom. The molecule has 0 fully saturated rings. The summed E-state index contributed by atoms with van der Waals surface area (Å²) in [6.45, 7) is 0.655. The molecule has 100 valence electrons. The Labute approximate surface area is 116 Å². The van der Waals surface area contributed by atoms with Crippen molar-refractivity contribution < 1.29 is 8.81 Å². The van der Waals surface area contributed by atoms with E-state index in [4.69, 9.17) is 4.42 Å². The second-order valence-electron chi connectivity index (χ2n) is 4.42. The molecule has 0 aliphatic heterocycles. The van der Waals surface area contributed by atoms with Gasteiger partial charge in [0.1, 0.15) is 5.82 Å². The molecule has 2 aromatic carbocycles. The number of anilines is 1. The van der Waals surface area contributed by atoms with Crippen molar-refractivity contribution in [2.75, 3.05) is 5.32 Å². The lowest BCUT2D eigenvalue weighted by Crippen LogP contribution is -1.99. The topological polar surface area (TPSA) is 38.1 Å². The summed E-state index contributed by atoms with van der Waals surface area (Å²) in [5.74, 6) is 0.528. The van der Waals surface area contributed by atoms with E-state index in [-0.39, 0.29) is 5.82 Å². The fraction of sp³-hybridized carbons (Fsp3) is 0.0625. The van der Waals surface area contributed by atoms with Gasteiger partial charge in [0, 0.05) is 17.8 Å². The third-order valence-corrected chi connectivity index (χ3v) is 3.01. The maximum atomic E-state index is 12.8. The van der Waals surface area contributed by atoms with E-state index < -0.39 is 0 Å². The summed E-state index contributed by atoms with van der Waals surface area (Å²) < 4.78 is 18.0. The number of nitrogens with one attached hydrogen (secondary N) is 1. The van der Waals surface area contributed by atoms with Crippen molar-refractivity contribution >= 4 is 5.69 Å². The number of halogens is 1. The predicted octanol–water partition coefficient (Wildman–Crippen LogP) is 4.09. The van der Waals surface area contributed by atoms with Gasteiger partial charge in [0.2, 0.25) is 0 Å². The monoisotopic (exact) mass is 268 g/mol. The molecule has 3 nitrogen and oxygen atoms in total. The molecular weight excluding hydrogens is 255 g/mol. The number of hydrogen-bond acceptors (Lipinski definition) is 3. The maximum absolute atomic E-state index is 12.8. The summed E-state index contributed by atoms with van der Waals surface area (Å²) >= 11 is 0. The van der Waals surface area contributed by atoms with E-state index >= 15 is 0 Å². The molecule has 0 saturated carbocycles. The van der Waals surface area contributed by atoms with Crippen LogP contribution in [0.2, 0.25) is 0 Å². The zero-order valence-electron chi connectivity index (χ0n) is 10.7. The van der Waals surface area contributed by atoms with Crippen LogP contribution >= 0.6 is 0 Å². The maximum Gasteiger partial charge on any atom is 0.181 e. The lowest BCUT2D eigenvalue weighted by Gasteiger charge is -2.07. The fourth-order valence-electron chi connectivity index (χ4n) is 1.92. The van der Waals surface area contributed by atoms with Crippen molar-refractivity contribution in [1.82, 2.24) is 4.98 Å². The van der Waals surface area contributed by atoms with Crippen LogP contribution in [0.1, 0.15) is 5.56 Å². The van der Waals surface area contributed by atoms with Crippen molar-refractivity contribution in [3.8, 4) is 11.3 Å². The minimum absolute atomic E-state index is 0.217. The zero-order valence-corrected chi connectivity index (χ0v) is 10.7. The van der Waals surface area contributed by atoms with Crippen LogP contribution in [0.4, 0.5) is 10.1 Å². The van der Waals surface area contributed by atoms with Crippen molar-refractivity contribution in [2.45, 2.75) is 6.54 Å². The third-order valence-electron chi connectivity index (χ3n) is 3.01. The summed E-state index contributed by atoms with van der Waals surface area (Å²) in [5.41, 5.74) is 3.01. The number of aromatic nitrogens is 1. The SMILES string of the molecule is Fc1ccc(CNc2ccc(-c3cnco3)cc2)cc1. The Hall–Kier alpha value is -2.62. The Morgan fingerprint density at radius 1 is 1.00 bits per heavy atom. The smallest absolute Gasteiger partial charge is 0.181 e. The van der Waals surface area contributed by atoms with E-state index in [1.807, 2.05) is 24.3 Å². The average molecular weight is 268 g/mol. The summed E-state index contributed by atoms with van der Waals surface area (Å²) in [6.07, 6.45) is 3.09. The molecule has 0 aliphatic carbocycles. The molecule has 0 spiro atoms.